The molecule has 2 atom stereocenters. The summed E-state index contributed by atoms with van der Waals surface area (Å²) in [6.07, 6.45) is 0.222. The van der Waals surface area contributed by atoms with Gasteiger partial charge in [0, 0.05) is 18.8 Å². The number of sulfone groups is 1. The number of alkyl halides is 1. The lowest BCUT2D eigenvalue weighted by Crippen LogP contribution is -2.50. The van der Waals surface area contributed by atoms with Gasteiger partial charge in [-0.1, -0.05) is 18.2 Å². The van der Waals surface area contributed by atoms with Crippen molar-refractivity contribution in [1.82, 2.24) is 0 Å². The second-order valence-electron chi connectivity index (χ2n) is 5.10. The summed E-state index contributed by atoms with van der Waals surface area (Å²) in [6.45, 7) is 0. The van der Waals surface area contributed by atoms with E-state index in [9.17, 15) is 23.1 Å². The van der Waals surface area contributed by atoms with E-state index in [2.05, 4.69) is 0 Å². The van der Waals surface area contributed by atoms with Crippen LogP contribution < -0.4 is 0 Å². The maximum atomic E-state index is 15.1. The van der Waals surface area contributed by atoms with Crippen molar-refractivity contribution >= 4 is 21.6 Å². The molecule has 1 saturated carbocycles. The van der Waals surface area contributed by atoms with E-state index < -0.39 is 31.6 Å². The Kier molecular flexibility index (Phi) is 4.13. The standard InChI is InChI=1S/C14H15FO5S/c15-14(13(17)18,10-5-4-6-11(16)9-10)21(19,20)12-7-2-1-3-8-12/h1-3,7-8,10H,4-6,9H2,(H,17,18). The molecule has 114 valence electrons. The monoisotopic (exact) mass is 314 g/mol. The normalized spacial score (nSPS) is 22.5. The molecule has 0 aliphatic heterocycles. The lowest BCUT2D eigenvalue weighted by molar-refractivity contribution is -0.149. The first kappa shape index (κ1) is 15.6. The van der Waals surface area contributed by atoms with Crippen LogP contribution in [0.2, 0.25) is 0 Å². The van der Waals surface area contributed by atoms with Gasteiger partial charge in [-0.3, -0.25) is 4.79 Å². The van der Waals surface area contributed by atoms with Crippen LogP contribution in [0.15, 0.2) is 35.2 Å². The van der Waals surface area contributed by atoms with Gasteiger partial charge < -0.3 is 5.11 Å². The molecule has 5 nitrogen and oxygen atoms in total. The summed E-state index contributed by atoms with van der Waals surface area (Å²) in [7, 11) is -4.74. The molecule has 1 aromatic carbocycles. The highest BCUT2D eigenvalue weighted by molar-refractivity contribution is 7.93. The topological polar surface area (TPSA) is 88.5 Å². The Balaban J connectivity index is 2.52. The quantitative estimate of drug-likeness (QED) is 0.918. The maximum absolute atomic E-state index is 15.1. The minimum Gasteiger partial charge on any atom is -0.478 e. The number of halogens is 1. The molecule has 21 heavy (non-hydrogen) atoms. The predicted octanol–water partition coefficient (Wildman–Crippen LogP) is 1.97. The average Bonchev–Trinajstić information content (AvgIpc) is 2.46. The summed E-state index contributed by atoms with van der Waals surface area (Å²) in [5.41, 5.74) is 0. The number of rotatable bonds is 4. The van der Waals surface area contributed by atoms with Crippen molar-refractivity contribution in [3.63, 3.8) is 0 Å². The molecule has 1 N–H and O–H groups in total. The third-order valence-electron chi connectivity index (χ3n) is 3.74. The second-order valence-corrected chi connectivity index (χ2v) is 7.17. The molecule has 0 aromatic heterocycles. The van der Waals surface area contributed by atoms with Crippen LogP contribution in [-0.2, 0) is 19.4 Å². The van der Waals surface area contributed by atoms with Gasteiger partial charge in [0.1, 0.15) is 5.78 Å². The lowest BCUT2D eigenvalue weighted by atomic mass is 9.84. The molecule has 0 saturated heterocycles. The molecule has 1 aliphatic rings. The molecule has 2 rings (SSSR count). The van der Waals surface area contributed by atoms with Gasteiger partial charge >= 0.3 is 11.0 Å². The molecule has 0 radical (unpaired) electrons. The summed E-state index contributed by atoms with van der Waals surface area (Å²) in [5.74, 6) is -3.73. The smallest absolute Gasteiger partial charge is 0.358 e. The fourth-order valence-corrected chi connectivity index (χ4v) is 4.35. The molecule has 0 heterocycles. The number of benzene rings is 1. The van der Waals surface area contributed by atoms with Gasteiger partial charge in [-0.05, 0) is 25.0 Å². The van der Waals surface area contributed by atoms with Crippen LogP contribution in [0.4, 0.5) is 4.39 Å². The van der Waals surface area contributed by atoms with Gasteiger partial charge in [-0.2, -0.15) is 0 Å². The number of ketones is 1. The second kappa shape index (κ2) is 5.55. The molecule has 0 spiro atoms. The third kappa shape index (κ3) is 2.57. The van der Waals surface area contributed by atoms with E-state index in [0.29, 0.717) is 6.42 Å². The first-order chi connectivity index (χ1) is 9.80. The maximum Gasteiger partial charge on any atom is 0.358 e. The third-order valence-corrected chi connectivity index (χ3v) is 5.93. The molecule has 2 unspecified atom stereocenters. The Bertz CT molecular complexity index is 655. The summed E-state index contributed by atoms with van der Waals surface area (Å²) >= 11 is 0. The number of carbonyl (C=O) groups is 2. The largest absolute Gasteiger partial charge is 0.478 e. The van der Waals surface area contributed by atoms with Gasteiger partial charge in [0.25, 0.3) is 0 Å². The number of aliphatic carboxylic acids is 1. The SMILES string of the molecule is O=C1CCCC(C(F)(C(=O)O)S(=O)(=O)c2ccccc2)C1. The van der Waals surface area contributed by atoms with E-state index in [1.807, 2.05) is 0 Å². The molecule has 1 aromatic rings. The number of hydrogen-bond acceptors (Lipinski definition) is 4. The van der Waals surface area contributed by atoms with Crippen LogP contribution in [0.25, 0.3) is 0 Å². The van der Waals surface area contributed by atoms with Crippen LogP contribution in [0.3, 0.4) is 0 Å². The molecule has 0 bridgehead atoms. The Hall–Kier alpha value is -1.76. The molecule has 7 heteroatoms. The van der Waals surface area contributed by atoms with E-state index in [-0.39, 0.29) is 25.0 Å². The van der Waals surface area contributed by atoms with Crippen LogP contribution in [-0.4, -0.2) is 30.3 Å². The van der Waals surface area contributed by atoms with Crippen molar-refractivity contribution in [1.29, 1.82) is 0 Å². The summed E-state index contributed by atoms with van der Waals surface area (Å²) < 4.78 is 40.0. The summed E-state index contributed by atoms with van der Waals surface area (Å²) in [6, 6.07) is 6.63. The molecule has 1 fully saturated rings. The predicted molar refractivity (Wildman–Crippen MR) is 72.1 cm³/mol. The Morgan fingerprint density at radius 3 is 2.43 bits per heavy atom. The number of hydrogen-bond donors (Lipinski definition) is 1. The number of carbonyl (C=O) groups excluding carboxylic acids is 1. The molecular weight excluding hydrogens is 299 g/mol. The zero-order chi connectivity index (χ0) is 15.7. The van der Waals surface area contributed by atoms with Crippen molar-refractivity contribution < 1.29 is 27.5 Å². The fraction of sp³-hybridized carbons (Fsp3) is 0.429. The van der Waals surface area contributed by atoms with Crippen LogP contribution in [0.1, 0.15) is 25.7 Å². The lowest BCUT2D eigenvalue weighted by Gasteiger charge is -2.31. The zero-order valence-electron chi connectivity index (χ0n) is 11.2. The summed E-state index contributed by atoms with van der Waals surface area (Å²) in [5, 5.41) is 5.72. The zero-order valence-corrected chi connectivity index (χ0v) is 12.0. The van der Waals surface area contributed by atoms with Crippen LogP contribution >= 0.6 is 0 Å². The highest BCUT2D eigenvalue weighted by Crippen LogP contribution is 2.41. The van der Waals surface area contributed by atoms with Crippen LogP contribution in [0, 0.1) is 5.92 Å². The van der Waals surface area contributed by atoms with E-state index in [1.165, 1.54) is 12.1 Å². The van der Waals surface area contributed by atoms with E-state index in [0.717, 1.165) is 12.1 Å². The molecular formula is C14H15FO5S. The van der Waals surface area contributed by atoms with Gasteiger partial charge in [-0.25, -0.2) is 17.6 Å². The van der Waals surface area contributed by atoms with Gasteiger partial charge in [0.2, 0.25) is 9.84 Å². The Labute approximate surface area is 121 Å². The van der Waals surface area contributed by atoms with Gasteiger partial charge in [0.15, 0.2) is 0 Å². The number of carboxylic acid groups (broad SMARTS) is 1. The molecule has 0 amide bonds. The highest BCUT2D eigenvalue weighted by atomic mass is 32.2. The van der Waals surface area contributed by atoms with Crippen molar-refractivity contribution in [3.05, 3.63) is 30.3 Å². The first-order valence-electron chi connectivity index (χ1n) is 6.54. The summed E-state index contributed by atoms with van der Waals surface area (Å²) in [4.78, 5) is 22.4. The fourth-order valence-electron chi connectivity index (χ4n) is 2.62. The number of carboxylic acids is 1. The first-order valence-corrected chi connectivity index (χ1v) is 8.02. The average molecular weight is 314 g/mol. The van der Waals surface area contributed by atoms with Crippen molar-refractivity contribution in [2.24, 2.45) is 5.92 Å². The van der Waals surface area contributed by atoms with Crippen molar-refractivity contribution in [2.75, 3.05) is 0 Å². The molecule has 1 aliphatic carbocycles. The van der Waals surface area contributed by atoms with E-state index in [1.54, 1.807) is 6.07 Å². The Morgan fingerprint density at radius 2 is 1.90 bits per heavy atom. The van der Waals surface area contributed by atoms with E-state index in [4.69, 9.17) is 0 Å². The van der Waals surface area contributed by atoms with Crippen molar-refractivity contribution in [2.45, 2.75) is 35.6 Å². The van der Waals surface area contributed by atoms with Gasteiger partial charge in [0.05, 0.1) is 4.90 Å². The Morgan fingerprint density at radius 1 is 1.29 bits per heavy atom. The van der Waals surface area contributed by atoms with Gasteiger partial charge in [-0.15, -0.1) is 0 Å². The van der Waals surface area contributed by atoms with Crippen LogP contribution in [0.5, 0.6) is 0 Å². The minimum absolute atomic E-state index is 0.0562. The highest BCUT2D eigenvalue weighted by Gasteiger charge is 2.59. The van der Waals surface area contributed by atoms with Crippen molar-refractivity contribution in [3.8, 4) is 0 Å². The minimum atomic E-state index is -4.74. The van der Waals surface area contributed by atoms with E-state index >= 15 is 4.39 Å². The number of Topliss-reactive ketones (excluding diaryl/α,β-unsaturated/α-hetero) is 1.